The van der Waals surface area contributed by atoms with Gasteiger partial charge in [-0.3, -0.25) is 9.78 Å². The lowest BCUT2D eigenvalue weighted by atomic mass is 10.1. The Labute approximate surface area is 131 Å². The lowest BCUT2D eigenvalue weighted by Gasteiger charge is -2.11. The Morgan fingerprint density at radius 1 is 1.38 bits per heavy atom. The number of aromatic nitrogens is 1. The molecular weight excluding hydrogens is 332 g/mol. The van der Waals surface area contributed by atoms with Crippen molar-refractivity contribution in [3.05, 3.63) is 52.3 Å². The Bertz CT molecular complexity index is 709. The summed E-state index contributed by atoms with van der Waals surface area (Å²) in [6, 6.07) is 8.89. The maximum absolute atomic E-state index is 12.4. The lowest BCUT2D eigenvalue weighted by molar-refractivity contribution is 0.102. The van der Waals surface area contributed by atoms with Crippen LogP contribution in [0, 0.1) is 11.3 Å². The molecule has 1 heterocycles. The SMILES string of the molecule is CCNc1ccncc1C(=O)Nc1cc(Br)ccc1C#N. The van der Waals surface area contributed by atoms with Crippen molar-refractivity contribution in [2.75, 3.05) is 17.2 Å². The highest BCUT2D eigenvalue weighted by molar-refractivity contribution is 9.10. The summed E-state index contributed by atoms with van der Waals surface area (Å²) in [6.07, 6.45) is 3.12. The first-order valence-corrected chi connectivity index (χ1v) is 7.14. The number of anilines is 2. The number of hydrogen-bond donors (Lipinski definition) is 2. The van der Waals surface area contributed by atoms with E-state index < -0.39 is 0 Å². The second-order valence-electron chi connectivity index (χ2n) is 4.21. The van der Waals surface area contributed by atoms with E-state index in [-0.39, 0.29) is 5.91 Å². The standard InChI is InChI=1S/C15H13BrN4O/c1-2-19-13-5-6-18-9-12(13)15(21)20-14-7-11(16)4-3-10(14)8-17/h3-7,9H,2H2,1H3,(H,18,19)(H,20,21). The number of nitrogens with zero attached hydrogens (tertiary/aromatic N) is 2. The molecule has 1 aromatic carbocycles. The van der Waals surface area contributed by atoms with Crippen molar-refractivity contribution >= 4 is 33.2 Å². The fourth-order valence-corrected chi connectivity index (χ4v) is 2.19. The summed E-state index contributed by atoms with van der Waals surface area (Å²) in [6.45, 7) is 2.65. The van der Waals surface area contributed by atoms with Gasteiger partial charge < -0.3 is 10.6 Å². The Morgan fingerprint density at radius 3 is 2.90 bits per heavy atom. The number of nitrogens with one attached hydrogen (secondary N) is 2. The second-order valence-corrected chi connectivity index (χ2v) is 5.12. The number of nitriles is 1. The highest BCUT2D eigenvalue weighted by Crippen LogP contribution is 2.22. The van der Waals surface area contributed by atoms with Crippen molar-refractivity contribution in [3.63, 3.8) is 0 Å². The number of carbonyl (C=O) groups is 1. The van der Waals surface area contributed by atoms with E-state index in [0.717, 1.165) is 4.47 Å². The van der Waals surface area contributed by atoms with E-state index in [4.69, 9.17) is 5.26 Å². The monoisotopic (exact) mass is 344 g/mol. The maximum atomic E-state index is 12.4. The number of carbonyl (C=O) groups excluding carboxylic acids is 1. The third-order valence-corrected chi connectivity index (χ3v) is 3.28. The number of amides is 1. The van der Waals surface area contributed by atoms with Crippen molar-refractivity contribution in [2.24, 2.45) is 0 Å². The van der Waals surface area contributed by atoms with Crippen LogP contribution in [0.25, 0.3) is 0 Å². The normalized spacial score (nSPS) is 9.76. The van der Waals surface area contributed by atoms with Gasteiger partial charge in [-0.05, 0) is 31.2 Å². The van der Waals surface area contributed by atoms with E-state index in [1.165, 1.54) is 6.20 Å². The van der Waals surface area contributed by atoms with Crippen LogP contribution in [0.3, 0.4) is 0 Å². The summed E-state index contributed by atoms with van der Waals surface area (Å²) in [7, 11) is 0. The average Bonchev–Trinajstić information content (AvgIpc) is 2.48. The zero-order valence-electron chi connectivity index (χ0n) is 11.4. The van der Waals surface area contributed by atoms with Gasteiger partial charge in [0.2, 0.25) is 0 Å². The minimum absolute atomic E-state index is 0.311. The summed E-state index contributed by atoms with van der Waals surface area (Å²) in [5.74, 6) is -0.311. The number of hydrogen-bond acceptors (Lipinski definition) is 4. The van der Waals surface area contributed by atoms with Crippen molar-refractivity contribution < 1.29 is 4.79 Å². The van der Waals surface area contributed by atoms with Crippen LogP contribution in [0.1, 0.15) is 22.8 Å². The van der Waals surface area contributed by atoms with Crippen LogP contribution >= 0.6 is 15.9 Å². The van der Waals surface area contributed by atoms with Crippen LogP contribution in [0.5, 0.6) is 0 Å². The summed E-state index contributed by atoms with van der Waals surface area (Å²) in [5, 5.41) is 14.9. The van der Waals surface area contributed by atoms with E-state index >= 15 is 0 Å². The molecule has 0 aliphatic heterocycles. The number of pyridine rings is 1. The topological polar surface area (TPSA) is 77.8 Å². The maximum Gasteiger partial charge on any atom is 0.259 e. The number of halogens is 1. The van der Waals surface area contributed by atoms with Crippen LogP contribution in [-0.4, -0.2) is 17.4 Å². The highest BCUT2D eigenvalue weighted by Gasteiger charge is 2.13. The largest absolute Gasteiger partial charge is 0.385 e. The molecule has 0 saturated carbocycles. The minimum atomic E-state index is -0.311. The molecule has 0 fully saturated rings. The first-order chi connectivity index (χ1) is 10.2. The van der Waals surface area contributed by atoms with Crippen molar-refractivity contribution in [1.82, 2.24) is 4.98 Å². The first-order valence-electron chi connectivity index (χ1n) is 6.34. The molecule has 5 nitrogen and oxygen atoms in total. The molecule has 0 spiro atoms. The summed E-state index contributed by atoms with van der Waals surface area (Å²) < 4.78 is 0.787. The van der Waals surface area contributed by atoms with Crippen molar-refractivity contribution in [1.29, 1.82) is 5.26 Å². The minimum Gasteiger partial charge on any atom is -0.385 e. The molecule has 106 valence electrons. The van der Waals surface area contributed by atoms with Gasteiger partial charge in [-0.25, -0.2) is 0 Å². The van der Waals surface area contributed by atoms with Gasteiger partial charge in [-0.15, -0.1) is 0 Å². The Kier molecular flexibility index (Phi) is 4.90. The van der Waals surface area contributed by atoms with Crippen LogP contribution in [0.4, 0.5) is 11.4 Å². The quantitative estimate of drug-likeness (QED) is 0.890. The Hall–Kier alpha value is -2.39. The van der Waals surface area contributed by atoms with Crippen LogP contribution in [0.15, 0.2) is 41.1 Å². The summed E-state index contributed by atoms with van der Waals surface area (Å²) in [5.41, 5.74) is 2.00. The average molecular weight is 345 g/mol. The van der Waals surface area contributed by atoms with Gasteiger partial charge >= 0.3 is 0 Å². The van der Waals surface area contributed by atoms with Gasteiger partial charge in [0, 0.05) is 23.4 Å². The number of rotatable bonds is 4. The molecule has 0 unspecified atom stereocenters. The molecule has 21 heavy (non-hydrogen) atoms. The Morgan fingerprint density at radius 2 is 2.19 bits per heavy atom. The predicted molar refractivity (Wildman–Crippen MR) is 85.2 cm³/mol. The zero-order chi connectivity index (χ0) is 15.2. The molecule has 0 aliphatic rings. The van der Waals surface area contributed by atoms with Gasteiger partial charge in [0.15, 0.2) is 0 Å². The molecule has 0 saturated heterocycles. The fraction of sp³-hybridized carbons (Fsp3) is 0.133. The zero-order valence-corrected chi connectivity index (χ0v) is 12.9. The van der Waals surface area contributed by atoms with Crippen LogP contribution in [0.2, 0.25) is 0 Å². The molecule has 0 aliphatic carbocycles. The molecule has 2 aromatic rings. The third-order valence-electron chi connectivity index (χ3n) is 2.78. The molecule has 0 atom stereocenters. The molecule has 2 N–H and O–H groups in total. The molecule has 1 amide bonds. The molecule has 0 bridgehead atoms. The van der Waals surface area contributed by atoms with E-state index in [2.05, 4.69) is 37.6 Å². The molecule has 1 aromatic heterocycles. The lowest BCUT2D eigenvalue weighted by Crippen LogP contribution is -2.16. The predicted octanol–water partition coefficient (Wildman–Crippen LogP) is 3.40. The van der Waals surface area contributed by atoms with E-state index in [9.17, 15) is 4.79 Å². The molecule has 0 radical (unpaired) electrons. The van der Waals surface area contributed by atoms with E-state index in [1.54, 1.807) is 30.5 Å². The van der Waals surface area contributed by atoms with Gasteiger partial charge in [0.1, 0.15) is 6.07 Å². The van der Waals surface area contributed by atoms with Crippen molar-refractivity contribution in [2.45, 2.75) is 6.92 Å². The molecule has 2 rings (SSSR count). The third kappa shape index (κ3) is 3.58. The Balaban J connectivity index is 2.31. The van der Waals surface area contributed by atoms with E-state index in [1.807, 2.05) is 6.92 Å². The summed E-state index contributed by atoms with van der Waals surface area (Å²) >= 11 is 3.33. The first kappa shape index (κ1) is 15.0. The van der Waals surface area contributed by atoms with Crippen LogP contribution < -0.4 is 10.6 Å². The smallest absolute Gasteiger partial charge is 0.259 e. The second kappa shape index (κ2) is 6.86. The number of benzene rings is 1. The fourth-order valence-electron chi connectivity index (χ4n) is 1.83. The molecular formula is C15H13BrN4O. The van der Waals surface area contributed by atoms with E-state index in [0.29, 0.717) is 29.0 Å². The van der Waals surface area contributed by atoms with Gasteiger partial charge in [0.25, 0.3) is 5.91 Å². The highest BCUT2D eigenvalue weighted by atomic mass is 79.9. The van der Waals surface area contributed by atoms with Gasteiger partial charge in [-0.2, -0.15) is 5.26 Å². The van der Waals surface area contributed by atoms with Gasteiger partial charge in [-0.1, -0.05) is 15.9 Å². The van der Waals surface area contributed by atoms with Crippen molar-refractivity contribution in [3.8, 4) is 6.07 Å². The molecule has 6 heteroatoms. The summed E-state index contributed by atoms with van der Waals surface area (Å²) in [4.78, 5) is 16.3. The van der Waals surface area contributed by atoms with Crippen LogP contribution in [-0.2, 0) is 0 Å². The van der Waals surface area contributed by atoms with Gasteiger partial charge in [0.05, 0.1) is 22.5 Å².